The number of hydrogen-bond acceptors (Lipinski definition) is 6. The second kappa shape index (κ2) is 7.49. The van der Waals surface area contributed by atoms with Crippen molar-refractivity contribution >= 4 is 27.6 Å². The Morgan fingerprint density at radius 2 is 1.92 bits per heavy atom. The predicted molar refractivity (Wildman–Crippen MR) is 89.8 cm³/mol. The van der Waals surface area contributed by atoms with Gasteiger partial charge in [-0.25, -0.2) is 17.9 Å². The van der Waals surface area contributed by atoms with E-state index in [-0.39, 0.29) is 16.1 Å². The van der Waals surface area contributed by atoms with Crippen LogP contribution >= 0.6 is 0 Å². The number of sulfonamides is 1. The highest BCUT2D eigenvalue weighted by Crippen LogP contribution is 2.20. The van der Waals surface area contributed by atoms with E-state index < -0.39 is 28.5 Å². The third-order valence-electron chi connectivity index (χ3n) is 3.44. The Morgan fingerprint density at radius 1 is 1.20 bits per heavy atom. The van der Waals surface area contributed by atoms with Gasteiger partial charge in [0.15, 0.2) is 6.61 Å². The first-order valence-corrected chi connectivity index (χ1v) is 8.78. The maximum Gasteiger partial charge on any atom is 0.342 e. The smallest absolute Gasteiger partial charge is 0.342 e. The molecular formula is C16H18N2O6S. The van der Waals surface area contributed by atoms with Crippen molar-refractivity contribution in [3.05, 3.63) is 47.4 Å². The van der Waals surface area contributed by atoms with Crippen LogP contribution in [-0.4, -0.2) is 33.9 Å². The van der Waals surface area contributed by atoms with Gasteiger partial charge in [-0.1, -0.05) is 6.07 Å². The van der Waals surface area contributed by atoms with Crippen LogP contribution < -0.4 is 10.0 Å². The Hall–Kier alpha value is -2.65. The summed E-state index contributed by atoms with van der Waals surface area (Å²) in [6.45, 7) is 2.74. The van der Waals surface area contributed by atoms with Crippen LogP contribution in [0.1, 0.15) is 21.7 Å². The maximum absolute atomic E-state index is 11.9. The molecule has 1 amide bonds. The van der Waals surface area contributed by atoms with Gasteiger partial charge in [0.05, 0.1) is 11.2 Å². The number of rotatable bonds is 6. The number of anilines is 1. The zero-order valence-electron chi connectivity index (χ0n) is 14.0. The molecule has 8 nitrogen and oxygen atoms in total. The van der Waals surface area contributed by atoms with Gasteiger partial charge >= 0.3 is 5.97 Å². The molecule has 134 valence electrons. The van der Waals surface area contributed by atoms with E-state index >= 15 is 0 Å². The molecule has 0 aliphatic carbocycles. The molecule has 0 spiro atoms. The molecule has 1 aromatic carbocycles. The number of carbonyl (C=O) groups excluding carboxylic acids is 2. The zero-order valence-corrected chi connectivity index (χ0v) is 14.8. The van der Waals surface area contributed by atoms with Gasteiger partial charge < -0.3 is 14.5 Å². The van der Waals surface area contributed by atoms with Gasteiger partial charge in [-0.2, -0.15) is 0 Å². The molecule has 0 aliphatic rings. The van der Waals surface area contributed by atoms with E-state index in [0.717, 1.165) is 0 Å². The first-order chi connectivity index (χ1) is 11.7. The van der Waals surface area contributed by atoms with Crippen molar-refractivity contribution in [2.24, 2.45) is 0 Å². The van der Waals surface area contributed by atoms with Crippen LogP contribution in [0.2, 0.25) is 0 Å². The minimum absolute atomic E-state index is 0.0545. The van der Waals surface area contributed by atoms with Gasteiger partial charge in [0.2, 0.25) is 10.0 Å². The molecule has 2 N–H and O–H groups in total. The lowest BCUT2D eigenvalue weighted by Gasteiger charge is -2.10. The van der Waals surface area contributed by atoms with Gasteiger partial charge in [0, 0.05) is 5.69 Å². The average molecular weight is 366 g/mol. The van der Waals surface area contributed by atoms with Crippen LogP contribution in [-0.2, 0) is 19.6 Å². The van der Waals surface area contributed by atoms with Gasteiger partial charge in [0.25, 0.3) is 5.91 Å². The Bertz CT molecular complexity index is 901. The standard InChI is InChI=1S/C16H18N2O6S/c1-10-4-5-12(8-14(10)25(21,22)17-3)18-15(19)9-24-16(20)13-6-7-23-11(13)2/h4-8,17H,9H2,1-3H3,(H,18,19). The molecule has 25 heavy (non-hydrogen) atoms. The lowest BCUT2D eigenvalue weighted by atomic mass is 10.2. The summed E-state index contributed by atoms with van der Waals surface area (Å²) in [6, 6.07) is 5.91. The first-order valence-electron chi connectivity index (χ1n) is 7.30. The predicted octanol–water partition coefficient (Wildman–Crippen LogP) is 1.60. The summed E-state index contributed by atoms with van der Waals surface area (Å²) in [5.74, 6) is -0.874. The zero-order chi connectivity index (χ0) is 18.6. The molecule has 0 atom stereocenters. The van der Waals surface area contributed by atoms with E-state index in [9.17, 15) is 18.0 Å². The van der Waals surface area contributed by atoms with Crippen molar-refractivity contribution in [2.75, 3.05) is 19.0 Å². The van der Waals surface area contributed by atoms with Crippen molar-refractivity contribution in [1.29, 1.82) is 0 Å². The molecule has 2 aromatic rings. The van der Waals surface area contributed by atoms with E-state index in [0.29, 0.717) is 11.3 Å². The van der Waals surface area contributed by atoms with E-state index in [2.05, 4.69) is 10.0 Å². The fourth-order valence-corrected chi connectivity index (χ4v) is 3.07. The molecule has 1 heterocycles. The van der Waals surface area contributed by atoms with Crippen molar-refractivity contribution in [2.45, 2.75) is 18.7 Å². The summed E-state index contributed by atoms with van der Waals surface area (Å²) in [5.41, 5.74) is 1.06. The Morgan fingerprint density at radius 3 is 2.52 bits per heavy atom. The number of nitrogens with one attached hydrogen (secondary N) is 2. The van der Waals surface area contributed by atoms with E-state index in [1.54, 1.807) is 26.0 Å². The SMILES string of the molecule is CNS(=O)(=O)c1cc(NC(=O)COC(=O)c2ccoc2C)ccc1C. The lowest BCUT2D eigenvalue weighted by Crippen LogP contribution is -2.22. The third-order valence-corrected chi connectivity index (χ3v) is 5.00. The summed E-state index contributed by atoms with van der Waals surface area (Å²) in [7, 11) is -2.34. The Labute approximate surface area is 145 Å². The fourth-order valence-electron chi connectivity index (χ4n) is 2.08. The number of carbonyl (C=O) groups is 2. The van der Waals surface area contributed by atoms with Crippen LogP contribution in [0.3, 0.4) is 0 Å². The van der Waals surface area contributed by atoms with Crippen LogP contribution in [0, 0.1) is 13.8 Å². The number of ether oxygens (including phenoxy) is 1. The highest BCUT2D eigenvalue weighted by molar-refractivity contribution is 7.89. The van der Waals surface area contributed by atoms with Gasteiger partial charge in [0.1, 0.15) is 11.3 Å². The number of aryl methyl sites for hydroxylation is 2. The van der Waals surface area contributed by atoms with Gasteiger partial charge in [-0.3, -0.25) is 4.79 Å². The minimum Gasteiger partial charge on any atom is -0.469 e. The molecule has 0 aliphatic heterocycles. The normalized spacial score (nSPS) is 11.2. The lowest BCUT2D eigenvalue weighted by molar-refractivity contribution is -0.119. The van der Waals surface area contributed by atoms with Crippen molar-refractivity contribution in [3.8, 4) is 0 Å². The monoisotopic (exact) mass is 366 g/mol. The number of hydrogen-bond donors (Lipinski definition) is 2. The second-order valence-electron chi connectivity index (χ2n) is 5.20. The molecule has 0 unspecified atom stereocenters. The molecule has 2 rings (SSSR count). The van der Waals surface area contributed by atoms with E-state index in [1.807, 2.05) is 0 Å². The average Bonchev–Trinajstić information content (AvgIpc) is 3.00. The third kappa shape index (κ3) is 4.46. The topological polar surface area (TPSA) is 115 Å². The van der Waals surface area contributed by atoms with Crippen LogP contribution in [0.4, 0.5) is 5.69 Å². The van der Waals surface area contributed by atoms with Gasteiger partial charge in [-0.05, 0) is 44.7 Å². The first kappa shape index (κ1) is 18.7. The van der Waals surface area contributed by atoms with Crippen LogP contribution in [0.5, 0.6) is 0 Å². The molecule has 0 radical (unpaired) electrons. The maximum atomic E-state index is 11.9. The highest BCUT2D eigenvalue weighted by atomic mass is 32.2. The fraction of sp³-hybridized carbons (Fsp3) is 0.250. The highest BCUT2D eigenvalue weighted by Gasteiger charge is 2.17. The minimum atomic E-state index is -3.64. The second-order valence-corrected chi connectivity index (χ2v) is 7.06. The number of furan rings is 1. The van der Waals surface area contributed by atoms with Crippen LogP contribution in [0.15, 0.2) is 39.8 Å². The molecule has 0 saturated carbocycles. The molecule has 0 fully saturated rings. The quantitative estimate of drug-likeness (QED) is 0.751. The summed E-state index contributed by atoms with van der Waals surface area (Å²) < 4.78 is 36.0. The Kier molecular flexibility index (Phi) is 5.60. The number of esters is 1. The number of benzene rings is 1. The van der Waals surface area contributed by atoms with Gasteiger partial charge in [-0.15, -0.1) is 0 Å². The molecular weight excluding hydrogens is 348 g/mol. The summed E-state index contributed by atoms with van der Waals surface area (Å²) in [5, 5.41) is 2.49. The Balaban J connectivity index is 2.03. The molecule has 0 saturated heterocycles. The number of amides is 1. The summed E-state index contributed by atoms with van der Waals surface area (Å²) in [4.78, 5) is 23.8. The van der Waals surface area contributed by atoms with E-state index in [4.69, 9.17) is 9.15 Å². The molecule has 9 heteroatoms. The van der Waals surface area contributed by atoms with Crippen molar-refractivity contribution < 1.29 is 27.2 Å². The van der Waals surface area contributed by atoms with Crippen molar-refractivity contribution in [1.82, 2.24) is 4.72 Å². The molecule has 1 aromatic heterocycles. The summed E-state index contributed by atoms with van der Waals surface area (Å²) >= 11 is 0. The van der Waals surface area contributed by atoms with E-state index in [1.165, 1.54) is 25.4 Å². The van der Waals surface area contributed by atoms with Crippen molar-refractivity contribution in [3.63, 3.8) is 0 Å². The molecule has 0 bridgehead atoms. The largest absolute Gasteiger partial charge is 0.469 e. The van der Waals surface area contributed by atoms with Crippen LogP contribution in [0.25, 0.3) is 0 Å². The summed E-state index contributed by atoms with van der Waals surface area (Å²) in [6.07, 6.45) is 1.35.